The second-order valence-corrected chi connectivity index (χ2v) is 11.1. The first-order valence-electron chi connectivity index (χ1n) is 11.5. The van der Waals surface area contributed by atoms with Crippen LogP contribution in [0.25, 0.3) is 22.0 Å². The molecular weight excluding hydrogens is 462 g/mol. The summed E-state index contributed by atoms with van der Waals surface area (Å²) in [5.41, 5.74) is 2.95. The summed E-state index contributed by atoms with van der Waals surface area (Å²) >= 11 is 0. The van der Waals surface area contributed by atoms with Gasteiger partial charge in [-0.25, -0.2) is 13.4 Å². The van der Waals surface area contributed by atoms with Crippen molar-refractivity contribution in [3.05, 3.63) is 77.0 Å². The van der Waals surface area contributed by atoms with Crippen molar-refractivity contribution in [2.45, 2.75) is 23.7 Å². The molecule has 4 heterocycles. The maximum Gasteiger partial charge on any atom is 0.259 e. The van der Waals surface area contributed by atoms with E-state index in [-0.39, 0.29) is 10.5 Å². The standard InChI is InChI=1S/C26H27N5O3S/c1-31-11-8-18(9-12-31)17-3-5-21(6-4-17)29-25-24-19(7-10-28-26(24)32)14-23(30-25)20-13-22(16-27-15-20)35(2,33)34/h3-7,10,13-16,18H,8-9,11-12H2,1-2H3,(H,28,32)(H,29,30). The van der Waals surface area contributed by atoms with E-state index in [0.29, 0.717) is 33.8 Å². The highest BCUT2D eigenvalue weighted by Crippen LogP contribution is 2.31. The lowest BCUT2D eigenvalue weighted by molar-refractivity contribution is 0.255. The lowest BCUT2D eigenvalue weighted by Gasteiger charge is -2.29. The molecule has 3 aromatic heterocycles. The summed E-state index contributed by atoms with van der Waals surface area (Å²) in [5.74, 6) is 0.955. The number of nitrogens with zero attached hydrogens (tertiary/aromatic N) is 3. The number of aromatic nitrogens is 3. The predicted octanol–water partition coefficient (Wildman–Crippen LogP) is 3.94. The van der Waals surface area contributed by atoms with Gasteiger partial charge in [-0.15, -0.1) is 0 Å². The highest BCUT2D eigenvalue weighted by molar-refractivity contribution is 7.90. The maximum absolute atomic E-state index is 12.7. The van der Waals surface area contributed by atoms with Gasteiger partial charge in [0.15, 0.2) is 9.84 Å². The first-order chi connectivity index (χ1) is 16.8. The number of pyridine rings is 3. The average molecular weight is 490 g/mol. The second-order valence-electron chi connectivity index (χ2n) is 9.13. The van der Waals surface area contributed by atoms with Gasteiger partial charge in [-0.3, -0.25) is 9.78 Å². The number of anilines is 2. The van der Waals surface area contributed by atoms with E-state index in [9.17, 15) is 13.2 Å². The molecule has 4 aromatic rings. The van der Waals surface area contributed by atoms with Gasteiger partial charge in [-0.2, -0.15) is 0 Å². The molecule has 0 saturated carbocycles. The third kappa shape index (κ3) is 4.96. The Kier molecular flexibility index (Phi) is 6.12. The topological polar surface area (TPSA) is 108 Å². The highest BCUT2D eigenvalue weighted by atomic mass is 32.2. The summed E-state index contributed by atoms with van der Waals surface area (Å²) in [7, 11) is -1.26. The molecule has 5 rings (SSSR count). The van der Waals surface area contributed by atoms with Gasteiger partial charge in [0, 0.05) is 36.1 Å². The van der Waals surface area contributed by atoms with Gasteiger partial charge >= 0.3 is 0 Å². The second kappa shape index (κ2) is 9.24. The lowest BCUT2D eigenvalue weighted by atomic mass is 9.89. The average Bonchev–Trinajstić information content (AvgIpc) is 2.84. The van der Waals surface area contributed by atoms with Crippen LogP contribution < -0.4 is 10.9 Å². The van der Waals surface area contributed by atoms with Crippen LogP contribution in [0.1, 0.15) is 24.3 Å². The van der Waals surface area contributed by atoms with E-state index in [2.05, 4.69) is 39.4 Å². The summed E-state index contributed by atoms with van der Waals surface area (Å²) in [6, 6.07) is 13.4. The zero-order valence-electron chi connectivity index (χ0n) is 19.7. The Morgan fingerprint density at radius 1 is 1.06 bits per heavy atom. The summed E-state index contributed by atoms with van der Waals surface area (Å²) in [4.78, 5) is 26.6. The Labute approximate surface area is 204 Å². The van der Waals surface area contributed by atoms with Gasteiger partial charge in [0.1, 0.15) is 5.82 Å². The zero-order chi connectivity index (χ0) is 24.6. The minimum Gasteiger partial charge on any atom is -0.340 e. The van der Waals surface area contributed by atoms with E-state index < -0.39 is 9.84 Å². The molecule has 0 radical (unpaired) electrons. The van der Waals surface area contributed by atoms with Gasteiger partial charge in [-0.1, -0.05) is 12.1 Å². The Bertz CT molecular complexity index is 1540. The zero-order valence-corrected chi connectivity index (χ0v) is 20.5. The number of fused-ring (bicyclic) bond motifs is 1. The quantitative estimate of drug-likeness (QED) is 0.437. The fourth-order valence-electron chi connectivity index (χ4n) is 4.53. The van der Waals surface area contributed by atoms with Gasteiger partial charge in [-0.05, 0) is 80.2 Å². The highest BCUT2D eigenvalue weighted by Gasteiger charge is 2.18. The van der Waals surface area contributed by atoms with Crippen molar-refractivity contribution in [3.63, 3.8) is 0 Å². The normalized spacial score (nSPS) is 15.4. The number of sulfone groups is 1. The molecule has 0 spiro atoms. The third-order valence-corrected chi connectivity index (χ3v) is 7.63. The Balaban J connectivity index is 1.52. The summed E-state index contributed by atoms with van der Waals surface area (Å²) in [6.07, 6.45) is 7.90. The molecule has 9 heteroatoms. The van der Waals surface area contributed by atoms with Crippen molar-refractivity contribution in [1.82, 2.24) is 19.9 Å². The number of aromatic amines is 1. The van der Waals surface area contributed by atoms with E-state index in [1.54, 1.807) is 30.6 Å². The van der Waals surface area contributed by atoms with E-state index >= 15 is 0 Å². The summed E-state index contributed by atoms with van der Waals surface area (Å²) in [5, 5.41) is 4.42. The van der Waals surface area contributed by atoms with E-state index in [1.807, 2.05) is 12.1 Å². The van der Waals surface area contributed by atoms with Gasteiger partial charge in [0.25, 0.3) is 5.56 Å². The molecule has 1 fully saturated rings. The van der Waals surface area contributed by atoms with Crippen LogP contribution >= 0.6 is 0 Å². The van der Waals surface area contributed by atoms with Crippen molar-refractivity contribution in [2.75, 3.05) is 31.7 Å². The van der Waals surface area contributed by atoms with Crippen LogP contribution in [-0.4, -0.2) is 54.7 Å². The van der Waals surface area contributed by atoms with Crippen LogP contribution in [0.2, 0.25) is 0 Å². The van der Waals surface area contributed by atoms with Crippen molar-refractivity contribution in [1.29, 1.82) is 0 Å². The maximum atomic E-state index is 12.7. The Morgan fingerprint density at radius 2 is 1.80 bits per heavy atom. The fraction of sp³-hybridized carbons (Fsp3) is 0.269. The predicted molar refractivity (Wildman–Crippen MR) is 138 cm³/mol. The molecule has 0 aliphatic carbocycles. The molecule has 2 N–H and O–H groups in total. The van der Waals surface area contributed by atoms with Crippen molar-refractivity contribution in [3.8, 4) is 11.3 Å². The molecule has 0 amide bonds. The number of rotatable bonds is 5. The van der Waals surface area contributed by atoms with E-state index in [0.717, 1.165) is 37.9 Å². The van der Waals surface area contributed by atoms with Crippen LogP contribution in [0, 0.1) is 0 Å². The van der Waals surface area contributed by atoms with E-state index in [4.69, 9.17) is 4.98 Å². The fourth-order valence-corrected chi connectivity index (χ4v) is 5.12. The van der Waals surface area contributed by atoms with Crippen LogP contribution in [0.15, 0.2) is 70.7 Å². The van der Waals surface area contributed by atoms with Gasteiger partial charge < -0.3 is 15.2 Å². The van der Waals surface area contributed by atoms with Crippen LogP contribution in [0.3, 0.4) is 0 Å². The Hall–Kier alpha value is -3.56. The van der Waals surface area contributed by atoms with Crippen molar-refractivity contribution in [2.24, 2.45) is 0 Å². The number of nitrogens with one attached hydrogen (secondary N) is 2. The van der Waals surface area contributed by atoms with E-state index in [1.165, 1.54) is 11.8 Å². The molecule has 1 aliphatic rings. The minimum absolute atomic E-state index is 0.113. The molecule has 35 heavy (non-hydrogen) atoms. The van der Waals surface area contributed by atoms with Crippen molar-refractivity contribution < 1.29 is 8.42 Å². The summed E-state index contributed by atoms with van der Waals surface area (Å²) in [6.45, 7) is 2.21. The molecule has 0 atom stereocenters. The monoisotopic (exact) mass is 489 g/mol. The molecular formula is C26H27N5O3S. The molecule has 0 bridgehead atoms. The summed E-state index contributed by atoms with van der Waals surface area (Å²) < 4.78 is 24.0. The largest absolute Gasteiger partial charge is 0.340 e. The molecule has 1 aromatic carbocycles. The molecule has 1 aliphatic heterocycles. The van der Waals surface area contributed by atoms with Crippen molar-refractivity contribution >= 4 is 32.1 Å². The van der Waals surface area contributed by atoms with Gasteiger partial charge in [0.2, 0.25) is 0 Å². The third-order valence-electron chi connectivity index (χ3n) is 6.55. The first kappa shape index (κ1) is 23.2. The number of likely N-dealkylation sites (tertiary alicyclic amines) is 1. The molecule has 180 valence electrons. The van der Waals surface area contributed by atoms with Crippen LogP contribution in [0.4, 0.5) is 11.5 Å². The Morgan fingerprint density at radius 3 is 2.51 bits per heavy atom. The number of piperidine rings is 1. The number of hydrogen-bond acceptors (Lipinski definition) is 7. The molecule has 8 nitrogen and oxygen atoms in total. The number of hydrogen-bond donors (Lipinski definition) is 2. The SMILES string of the molecule is CN1CCC(c2ccc(Nc3nc(-c4cncc(S(C)(=O)=O)c4)cc4cc[nH]c(=O)c34)cc2)CC1. The number of H-pyrrole nitrogens is 1. The van der Waals surface area contributed by atoms with Crippen LogP contribution in [0.5, 0.6) is 0 Å². The smallest absolute Gasteiger partial charge is 0.259 e. The van der Waals surface area contributed by atoms with Crippen LogP contribution in [-0.2, 0) is 9.84 Å². The first-order valence-corrected chi connectivity index (χ1v) is 13.4. The number of benzene rings is 1. The van der Waals surface area contributed by atoms with Gasteiger partial charge in [0.05, 0.1) is 16.0 Å². The lowest BCUT2D eigenvalue weighted by Crippen LogP contribution is -2.29. The molecule has 0 unspecified atom stereocenters. The molecule has 1 saturated heterocycles. The minimum atomic E-state index is -3.42.